The van der Waals surface area contributed by atoms with Gasteiger partial charge in [-0.1, -0.05) is 15.9 Å². The molecule has 0 aliphatic heterocycles. The lowest BCUT2D eigenvalue weighted by Gasteiger charge is -2.16. The van der Waals surface area contributed by atoms with Crippen LogP contribution < -0.4 is 11.1 Å². The maximum atomic E-state index is 12.0. The Morgan fingerprint density at radius 3 is 2.86 bits per heavy atom. The minimum atomic E-state index is -0.0969. The van der Waals surface area contributed by atoms with Gasteiger partial charge in [0.15, 0.2) is 0 Å². The van der Waals surface area contributed by atoms with Crippen molar-refractivity contribution in [2.45, 2.75) is 23.8 Å². The molecule has 0 unspecified atom stereocenters. The SMILES string of the molecule is CN(CC(=O)NC1CC1)C(=O)CSc1cc(Br)ccc1N. The van der Waals surface area contributed by atoms with E-state index in [1.165, 1.54) is 16.7 Å². The van der Waals surface area contributed by atoms with Crippen LogP contribution in [0.25, 0.3) is 0 Å². The van der Waals surface area contributed by atoms with Gasteiger partial charge in [0.25, 0.3) is 0 Å². The van der Waals surface area contributed by atoms with E-state index >= 15 is 0 Å². The maximum Gasteiger partial charge on any atom is 0.239 e. The molecule has 114 valence electrons. The van der Waals surface area contributed by atoms with Crippen LogP contribution in [0.1, 0.15) is 12.8 Å². The molecule has 1 aliphatic carbocycles. The molecule has 3 N–H and O–H groups in total. The van der Waals surface area contributed by atoms with Crippen molar-refractivity contribution >= 4 is 45.2 Å². The van der Waals surface area contributed by atoms with Crippen molar-refractivity contribution in [2.75, 3.05) is 25.1 Å². The molecule has 1 fully saturated rings. The number of nitrogens with zero attached hydrogens (tertiary/aromatic N) is 1. The quantitative estimate of drug-likeness (QED) is 0.591. The zero-order chi connectivity index (χ0) is 15.4. The third-order valence-electron chi connectivity index (χ3n) is 3.08. The summed E-state index contributed by atoms with van der Waals surface area (Å²) in [4.78, 5) is 26.0. The van der Waals surface area contributed by atoms with Crippen LogP contribution in [0.4, 0.5) is 5.69 Å². The Kier molecular flexibility index (Phi) is 5.52. The van der Waals surface area contributed by atoms with Crippen LogP contribution in [0, 0.1) is 0 Å². The number of nitrogens with one attached hydrogen (secondary N) is 1. The summed E-state index contributed by atoms with van der Waals surface area (Å²) in [6, 6.07) is 5.85. The molecule has 7 heteroatoms. The van der Waals surface area contributed by atoms with E-state index < -0.39 is 0 Å². The smallest absolute Gasteiger partial charge is 0.239 e. The molecule has 0 atom stereocenters. The van der Waals surface area contributed by atoms with Gasteiger partial charge in [-0.3, -0.25) is 9.59 Å². The number of benzene rings is 1. The highest BCUT2D eigenvalue weighted by atomic mass is 79.9. The number of carbonyl (C=O) groups excluding carboxylic acids is 2. The van der Waals surface area contributed by atoms with Gasteiger partial charge in [-0.25, -0.2) is 0 Å². The summed E-state index contributed by atoms with van der Waals surface area (Å²) in [5.74, 6) is 0.0686. The first-order valence-corrected chi connectivity index (χ1v) is 8.44. The van der Waals surface area contributed by atoms with Crippen molar-refractivity contribution in [3.63, 3.8) is 0 Å². The molecule has 1 saturated carbocycles. The molecular weight excluding hydrogens is 354 g/mol. The van der Waals surface area contributed by atoms with E-state index in [0.717, 1.165) is 22.2 Å². The molecular formula is C14H18BrN3O2S. The van der Waals surface area contributed by atoms with E-state index in [4.69, 9.17) is 5.73 Å². The standard InChI is InChI=1S/C14H18BrN3O2S/c1-18(7-13(19)17-10-3-4-10)14(20)8-21-12-6-9(15)2-5-11(12)16/h2,5-6,10H,3-4,7-8,16H2,1H3,(H,17,19). The van der Waals surface area contributed by atoms with Gasteiger partial charge in [0.2, 0.25) is 11.8 Å². The van der Waals surface area contributed by atoms with Gasteiger partial charge in [0.1, 0.15) is 0 Å². The lowest BCUT2D eigenvalue weighted by atomic mass is 10.3. The molecule has 2 amide bonds. The second-order valence-electron chi connectivity index (χ2n) is 5.06. The topological polar surface area (TPSA) is 75.4 Å². The molecule has 1 aromatic carbocycles. The average molecular weight is 372 g/mol. The highest BCUT2D eigenvalue weighted by molar-refractivity contribution is 9.10. The van der Waals surface area contributed by atoms with Gasteiger partial charge in [-0.05, 0) is 31.0 Å². The zero-order valence-electron chi connectivity index (χ0n) is 11.8. The largest absolute Gasteiger partial charge is 0.398 e. The number of carbonyl (C=O) groups is 2. The average Bonchev–Trinajstić information content (AvgIpc) is 3.23. The van der Waals surface area contributed by atoms with Gasteiger partial charge in [0.05, 0.1) is 12.3 Å². The van der Waals surface area contributed by atoms with Crippen molar-refractivity contribution in [1.82, 2.24) is 10.2 Å². The number of thioether (sulfide) groups is 1. The summed E-state index contributed by atoms with van der Waals surface area (Å²) in [6.07, 6.45) is 2.09. The van der Waals surface area contributed by atoms with Crippen molar-refractivity contribution in [3.05, 3.63) is 22.7 Å². The summed E-state index contributed by atoms with van der Waals surface area (Å²) in [5.41, 5.74) is 6.51. The summed E-state index contributed by atoms with van der Waals surface area (Å²) in [5, 5.41) is 2.86. The Labute approximate surface area is 136 Å². The number of anilines is 1. The molecule has 21 heavy (non-hydrogen) atoms. The Morgan fingerprint density at radius 2 is 2.19 bits per heavy atom. The van der Waals surface area contributed by atoms with E-state index in [1.54, 1.807) is 13.1 Å². The van der Waals surface area contributed by atoms with Crippen LogP contribution in [0.15, 0.2) is 27.6 Å². The zero-order valence-corrected chi connectivity index (χ0v) is 14.2. The van der Waals surface area contributed by atoms with Crippen molar-refractivity contribution in [2.24, 2.45) is 0 Å². The number of amides is 2. The van der Waals surface area contributed by atoms with E-state index in [0.29, 0.717) is 11.7 Å². The highest BCUT2D eigenvalue weighted by Gasteiger charge is 2.24. The van der Waals surface area contributed by atoms with Gasteiger partial charge >= 0.3 is 0 Å². The predicted molar refractivity (Wildman–Crippen MR) is 88.1 cm³/mol. The first-order valence-electron chi connectivity index (χ1n) is 6.67. The van der Waals surface area contributed by atoms with E-state index in [1.807, 2.05) is 12.1 Å². The number of halogens is 1. The molecule has 0 saturated heterocycles. The van der Waals surface area contributed by atoms with Gasteiger partial charge in [-0.15, -0.1) is 11.8 Å². The predicted octanol–water partition coefficient (Wildman–Crippen LogP) is 1.86. The van der Waals surface area contributed by atoms with Crippen LogP contribution >= 0.6 is 27.7 Å². The van der Waals surface area contributed by atoms with Crippen molar-refractivity contribution < 1.29 is 9.59 Å². The van der Waals surface area contributed by atoms with E-state index in [-0.39, 0.29) is 24.1 Å². The lowest BCUT2D eigenvalue weighted by Crippen LogP contribution is -2.39. The summed E-state index contributed by atoms with van der Waals surface area (Å²) >= 11 is 4.75. The van der Waals surface area contributed by atoms with Gasteiger partial charge < -0.3 is 16.0 Å². The third kappa shape index (κ3) is 5.24. The molecule has 0 bridgehead atoms. The van der Waals surface area contributed by atoms with Crippen LogP contribution in [0.3, 0.4) is 0 Å². The first kappa shape index (κ1) is 16.2. The summed E-state index contributed by atoms with van der Waals surface area (Å²) < 4.78 is 0.920. The number of likely N-dealkylation sites (N-methyl/N-ethyl adjacent to an activating group) is 1. The fourth-order valence-electron chi connectivity index (χ4n) is 1.69. The van der Waals surface area contributed by atoms with Crippen molar-refractivity contribution in [1.29, 1.82) is 0 Å². The van der Waals surface area contributed by atoms with Crippen LogP contribution in [0.5, 0.6) is 0 Å². The normalized spacial score (nSPS) is 13.8. The second kappa shape index (κ2) is 7.17. The van der Waals surface area contributed by atoms with Crippen LogP contribution in [-0.2, 0) is 9.59 Å². The Hall–Kier alpha value is -1.21. The van der Waals surface area contributed by atoms with E-state index in [2.05, 4.69) is 21.2 Å². The Morgan fingerprint density at radius 1 is 1.48 bits per heavy atom. The molecule has 0 spiro atoms. The number of nitrogens with two attached hydrogens (primary N) is 1. The monoisotopic (exact) mass is 371 g/mol. The number of hydrogen-bond acceptors (Lipinski definition) is 4. The fourth-order valence-corrected chi connectivity index (χ4v) is 3.14. The number of nitrogen functional groups attached to an aromatic ring is 1. The second-order valence-corrected chi connectivity index (χ2v) is 7.00. The van der Waals surface area contributed by atoms with Crippen LogP contribution in [0.2, 0.25) is 0 Å². The Bertz CT molecular complexity index is 549. The number of hydrogen-bond donors (Lipinski definition) is 2. The highest BCUT2D eigenvalue weighted by Crippen LogP contribution is 2.28. The minimum Gasteiger partial charge on any atom is -0.398 e. The molecule has 5 nitrogen and oxygen atoms in total. The third-order valence-corrected chi connectivity index (χ3v) is 4.62. The molecule has 0 radical (unpaired) electrons. The summed E-state index contributed by atoms with van der Waals surface area (Å²) in [7, 11) is 1.64. The molecule has 0 aromatic heterocycles. The van der Waals surface area contributed by atoms with Crippen LogP contribution in [-0.4, -0.2) is 42.1 Å². The van der Waals surface area contributed by atoms with Gasteiger partial charge in [0, 0.05) is 28.1 Å². The number of rotatable bonds is 6. The molecule has 1 aromatic rings. The lowest BCUT2D eigenvalue weighted by molar-refractivity contribution is -0.132. The molecule has 1 aliphatic rings. The first-order chi connectivity index (χ1) is 9.95. The molecule has 0 heterocycles. The van der Waals surface area contributed by atoms with E-state index in [9.17, 15) is 9.59 Å². The van der Waals surface area contributed by atoms with Gasteiger partial charge in [-0.2, -0.15) is 0 Å². The summed E-state index contributed by atoms with van der Waals surface area (Å²) in [6.45, 7) is 0.101. The minimum absolute atomic E-state index is 0.0923. The Balaban J connectivity index is 1.79. The maximum absolute atomic E-state index is 12.0. The van der Waals surface area contributed by atoms with Crippen molar-refractivity contribution in [3.8, 4) is 0 Å². The molecule has 2 rings (SSSR count). The fraction of sp³-hybridized carbons (Fsp3) is 0.429.